The fourth-order valence-corrected chi connectivity index (χ4v) is 2.93. The van der Waals surface area contributed by atoms with Crippen molar-refractivity contribution >= 4 is 5.91 Å². The minimum Gasteiger partial charge on any atom is -0.337 e. The van der Waals surface area contributed by atoms with Gasteiger partial charge in [-0.1, -0.05) is 25.2 Å². The monoisotopic (exact) mass is 288 g/mol. The van der Waals surface area contributed by atoms with E-state index in [0.717, 1.165) is 13.0 Å². The highest BCUT2D eigenvalue weighted by atomic mass is 16.2. The molecule has 0 fully saturated rings. The lowest BCUT2D eigenvalue weighted by molar-refractivity contribution is -0.126. The predicted molar refractivity (Wildman–Crippen MR) is 82.4 cm³/mol. The summed E-state index contributed by atoms with van der Waals surface area (Å²) >= 11 is 0. The average molecular weight is 288 g/mol. The lowest BCUT2D eigenvalue weighted by Crippen LogP contribution is -2.39. The van der Waals surface area contributed by atoms with Crippen LogP contribution in [-0.2, 0) is 11.3 Å². The molecule has 1 aromatic rings. The molecule has 0 N–H and O–H groups in total. The summed E-state index contributed by atoms with van der Waals surface area (Å²) in [4.78, 5) is 17.9. The quantitative estimate of drug-likeness (QED) is 0.596. The topological polar surface area (TPSA) is 51.0 Å². The van der Waals surface area contributed by atoms with Crippen LogP contribution in [0.25, 0.3) is 0 Å². The maximum atomic E-state index is 12.1. The number of carbonyl (C=O) groups excluding carboxylic acids is 1. The van der Waals surface area contributed by atoms with Gasteiger partial charge in [0, 0.05) is 13.1 Å². The molecule has 1 amide bonds. The molecule has 5 heteroatoms. The summed E-state index contributed by atoms with van der Waals surface area (Å²) in [5.41, 5.74) is 1.40. The van der Waals surface area contributed by atoms with Crippen molar-refractivity contribution in [1.82, 2.24) is 19.7 Å². The molecule has 1 heterocycles. The molecule has 0 bridgehead atoms. The molecule has 0 spiro atoms. The molecule has 0 saturated heterocycles. The molecule has 0 saturated carbocycles. The standard InChI is InChI=1S/C16H24N4O/c1-4-16(21)19(8-9-20-12-17-11-18-20)10-15-13(2)6-5-7-14(15)3/h4,6,11-12,14-15H,1,5,7-10H2,2-3H3. The number of amides is 1. The molecule has 0 aromatic carbocycles. The number of rotatable bonds is 6. The molecule has 1 aromatic heterocycles. The van der Waals surface area contributed by atoms with E-state index in [1.165, 1.54) is 24.4 Å². The third kappa shape index (κ3) is 4.03. The molecule has 5 nitrogen and oxygen atoms in total. The molecule has 114 valence electrons. The van der Waals surface area contributed by atoms with Gasteiger partial charge in [0.15, 0.2) is 0 Å². The summed E-state index contributed by atoms with van der Waals surface area (Å²) < 4.78 is 1.75. The van der Waals surface area contributed by atoms with E-state index in [1.807, 2.05) is 4.90 Å². The Morgan fingerprint density at radius 1 is 1.62 bits per heavy atom. The SMILES string of the molecule is C=CC(=O)N(CCn1cncn1)CC1C(C)=CCCC1C. The van der Waals surface area contributed by atoms with E-state index in [0.29, 0.717) is 24.9 Å². The second kappa shape index (κ2) is 7.20. The van der Waals surface area contributed by atoms with E-state index >= 15 is 0 Å². The zero-order valence-corrected chi connectivity index (χ0v) is 12.9. The first-order chi connectivity index (χ1) is 10.1. The Morgan fingerprint density at radius 2 is 2.43 bits per heavy atom. The van der Waals surface area contributed by atoms with Crippen molar-refractivity contribution in [1.29, 1.82) is 0 Å². The van der Waals surface area contributed by atoms with Crippen molar-refractivity contribution < 1.29 is 4.79 Å². The van der Waals surface area contributed by atoms with E-state index in [-0.39, 0.29) is 5.91 Å². The normalized spacial score (nSPS) is 21.7. The third-order valence-corrected chi connectivity index (χ3v) is 4.33. The smallest absolute Gasteiger partial charge is 0.246 e. The van der Waals surface area contributed by atoms with Crippen LogP contribution in [0.2, 0.25) is 0 Å². The number of aromatic nitrogens is 3. The van der Waals surface area contributed by atoms with Crippen LogP contribution in [0.4, 0.5) is 0 Å². The lowest BCUT2D eigenvalue weighted by Gasteiger charge is -2.33. The highest BCUT2D eigenvalue weighted by Gasteiger charge is 2.25. The first-order valence-corrected chi connectivity index (χ1v) is 7.52. The summed E-state index contributed by atoms with van der Waals surface area (Å²) in [5.74, 6) is 1.04. The fraction of sp³-hybridized carbons (Fsp3) is 0.562. The number of carbonyl (C=O) groups is 1. The molecule has 2 atom stereocenters. The summed E-state index contributed by atoms with van der Waals surface area (Å²) in [6.45, 7) is 10.1. The Kier molecular flexibility index (Phi) is 5.31. The van der Waals surface area contributed by atoms with Gasteiger partial charge in [-0.05, 0) is 37.7 Å². The van der Waals surface area contributed by atoms with E-state index in [9.17, 15) is 4.79 Å². The molecule has 0 radical (unpaired) electrons. The van der Waals surface area contributed by atoms with Gasteiger partial charge in [-0.3, -0.25) is 9.48 Å². The van der Waals surface area contributed by atoms with Gasteiger partial charge in [0.05, 0.1) is 6.54 Å². The van der Waals surface area contributed by atoms with Crippen molar-refractivity contribution in [2.45, 2.75) is 33.2 Å². The zero-order valence-electron chi connectivity index (χ0n) is 12.9. The Bertz CT molecular complexity index is 506. The van der Waals surface area contributed by atoms with Crippen LogP contribution in [0.1, 0.15) is 26.7 Å². The van der Waals surface area contributed by atoms with Crippen LogP contribution in [0, 0.1) is 11.8 Å². The minimum atomic E-state index is -0.0133. The van der Waals surface area contributed by atoms with E-state index in [2.05, 4.69) is 36.6 Å². The third-order valence-electron chi connectivity index (χ3n) is 4.33. The van der Waals surface area contributed by atoms with Gasteiger partial charge in [-0.25, -0.2) is 4.98 Å². The zero-order chi connectivity index (χ0) is 15.2. The van der Waals surface area contributed by atoms with E-state index in [4.69, 9.17) is 0 Å². The lowest BCUT2D eigenvalue weighted by atomic mass is 9.80. The number of allylic oxidation sites excluding steroid dienone is 1. The van der Waals surface area contributed by atoms with Crippen LogP contribution >= 0.6 is 0 Å². The van der Waals surface area contributed by atoms with Crippen molar-refractivity contribution in [3.8, 4) is 0 Å². The Morgan fingerprint density at radius 3 is 3.05 bits per heavy atom. The molecule has 2 rings (SSSR count). The first-order valence-electron chi connectivity index (χ1n) is 7.52. The van der Waals surface area contributed by atoms with E-state index < -0.39 is 0 Å². The van der Waals surface area contributed by atoms with Gasteiger partial charge in [-0.15, -0.1) is 0 Å². The van der Waals surface area contributed by atoms with Gasteiger partial charge in [0.25, 0.3) is 0 Å². The second-order valence-corrected chi connectivity index (χ2v) is 5.76. The Labute approximate surface area is 126 Å². The van der Waals surface area contributed by atoms with Crippen molar-refractivity contribution in [2.24, 2.45) is 11.8 Å². The molecule has 2 unspecified atom stereocenters. The molecular formula is C16H24N4O. The van der Waals surface area contributed by atoms with Crippen LogP contribution in [-0.4, -0.2) is 38.7 Å². The molecule has 21 heavy (non-hydrogen) atoms. The van der Waals surface area contributed by atoms with Gasteiger partial charge < -0.3 is 4.90 Å². The molecule has 0 aliphatic heterocycles. The summed E-state index contributed by atoms with van der Waals surface area (Å²) in [6.07, 6.45) is 9.23. The van der Waals surface area contributed by atoms with Crippen LogP contribution in [0.15, 0.2) is 37.0 Å². The fourth-order valence-electron chi connectivity index (χ4n) is 2.93. The van der Waals surface area contributed by atoms with Crippen molar-refractivity contribution in [3.05, 3.63) is 37.0 Å². The number of hydrogen-bond acceptors (Lipinski definition) is 3. The Hall–Kier alpha value is -1.91. The summed E-state index contributed by atoms with van der Waals surface area (Å²) in [7, 11) is 0. The Balaban J connectivity index is 2.02. The largest absolute Gasteiger partial charge is 0.337 e. The molecule has 1 aliphatic carbocycles. The van der Waals surface area contributed by atoms with E-state index in [1.54, 1.807) is 11.0 Å². The summed E-state index contributed by atoms with van der Waals surface area (Å²) in [5, 5.41) is 4.08. The summed E-state index contributed by atoms with van der Waals surface area (Å²) in [6, 6.07) is 0. The molecule has 1 aliphatic rings. The molecular weight excluding hydrogens is 264 g/mol. The van der Waals surface area contributed by atoms with Gasteiger partial charge in [-0.2, -0.15) is 5.10 Å². The van der Waals surface area contributed by atoms with Gasteiger partial charge >= 0.3 is 0 Å². The average Bonchev–Trinajstić information content (AvgIpc) is 2.98. The van der Waals surface area contributed by atoms with Crippen LogP contribution in [0.5, 0.6) is 0 Å². The number of nitrogens with zero attached hydrogens (tertiary/aromatic N) is 4. The van der Waals surface area contributed by atoms with Crippen molar-refractivity contribution in [2.75, 3.05) is 13.1 Å². The predicted octanol–water partition coefficient (Wildman–Crippen LogP) is 2.29. The van der Waals surface area contributed by atoms with Crippen LogP contribution < -0.4 is 0 Å². The van der Waals surface area contributed by atoms with Gasteiger partial charge in [0.2, 0.25) is 5.91 Å². The maximum Gasteiger partial charge on any atom is 0.246 e. The maximum absolute atomic E-state index is 12.1. The number of hydrogen-bond donors (Lipinski definition) is 0. The highest BCUT2D eigenvalue weighted by molar-refractivity contribution is 5.87. The van der Waals surface area contributed by atoms with Crippen LogP contribution in [0.3, 0.4) is 0 Å². The second-order valence-electron chi connectivity index (χ2n) is 5.76. The van der Waals surface area contributed by atoms with Crippen molar-refractivity contribution in [3.63, 3.8) is 0 Å². The minimum absolute atomic E-state index is 0.0133. The first kappa shape index (κ1) is 15.5. The highest BCUT2D eigenvalue weighted by Crippen LogP contribution is 2.30. The van der Waals surface area contributed by atoms with Gasteiger partial charge in [0.1, 0.15) is 12.7 Å².